The maximum atomic E-state index is 6.04. The minimum atomic E-state index is 0.351. The third-order valence-electron chi connectivity index (χ3n) is 3.12. The van der Waals surface area contributed by atoms with Gasteiger partial charge in [-0.1, -0.05) is 22.0 Å². The van der Waals surface area contributed by atoms with E-state index in [0.29, 0.717) is 5.88 Å². The topological polar surface area (TPSA) is 27.1 Å². The quantitative estimate of drug-likeness (QED) is 0.648. The fraction of sp³-hybridized carbons (Fsp3) is 0.133. The molecule has 0 amide bonds. The summed E-state index contributed by atoms with van der Waals surface area (Å²) >= 11 is 9.51. The van der Waals surface area contributed by atoms with Crippen molar-refractivity contribution in [1.82, 2.24) is 9.55 Å². The molecule has 0 saturated heterocycles. The van der Waals surface area contributed by atoms with Crippen molar-refractivity contribution in [2.45, 2.75) is 5.88 Å². The van der Waals surface area contributed by atoms with Crippen molar-refractivity contribution in [3.63, 3.8) is 0 Å². The highest BCUT2D eigenvalue weighted by atomic mass is 79.9. The molecule has 5 heteroatoms. The minimum Gasteiger partial charge on any atom is -0.497 e. The molecule has 0 radical (unpaired) electrons. The van der Waals surface area contributed by atoms with Gasteiger partial charge in [0.15, 0.2) is 0 Å². The van der Waals surface area contributed by atoms with Crippen LogP contribution in [0.15, 0.2) is 46.9 Å². The van der Waals surface area contributed by atoms with E-state index >= 15 is 0 Å². The van der Waals surface area contributed by atoms with Crippen LogP contribution >= 0.6 is 27.5 Å². The van der Waals surface area contributed by atoms with Crippen LogP contribution in [-0.4, -0.2) is 16.7 Å². The van der Waals surface area contributed by atoms with Crippen molar-refractivity contribution in [2.75, 3.05) is 7.11 Å². The van der Waals surface area contributed by atoms with Gasteiger partial charge in [-0.15, -0.1) is 11.6 Å². The lowest BCUT2D eigenvalue weighted by Gasteiger charge is -2.09. The van der Waals surface area contributed by atoms with Crippen molar-refractivity contribution in [2.24, 2.45) is 0 Å². The summed E-state index contributed by atoms with van der Waals surface area (Å²) < 4.78 is 8.34. The maximum absolute atomic E-state index is 6.04. The van der Waals surface area contributed by atoms with E-state index in [2.05, 4.69) is 25.5 Å². The van der Waals surface area contributed by atoms with E-state index in [-0.39, 0.29) is 0 Å². The van der Waals surface area contributed by atoms with Gasteiger partial charge in [-0.2, -0.15) is 0 Å². The average Bonchev–Trinajstić information content (AvgIpc) is 2.84. The Hall–Kier alpha value is -1.52. The third-order valence-corrected chi connectivity index (χ3v) is 3.85. The molecule has 102 valence electrons. The van der Waals surface area contributed by atoms with Gasteiger partial charge >= 0.3 is 0 Å². The lowest BCUT2D eigenvalue weighted by atomic mass is 10.2. The molecule has 3 aromatic rings. The second-order valence-corrected chi connectivity index (χ2v) is 5.51. The van der Waals surface area contributed by atoms with Crippen molar-refractivity contribution < 1.29 is 4.74 Å². The molecule has 0 fully saturated rings. The number of rotatable bonds is 3. The molecule has 0 spiro atoms. The zero-order chi connectivity index (χ0) is 14.1. The van der Waals surface area contributed by atoms with E-state index < -0.39 is 0 Å². The van der Waals surface area contributed by atoms with Crippen LogP contribution in [0.25, 0.3) is 16.7 Å². The number of benzene rings is 2. The summed E-state index contributed by atoms with van der Waals surface area (Å²) in [5.74, 6) is 1.97. The second kappa shape index (κ2) is 5.46. The molecule has 0 bridgehead atoms. The van der Waals surface area contributed by atoms with E-state index in [1.807, 2.05) is 42.5 Å². The van der Waals surface area contributed by atoms with Gasteiger partial charge in [-0.25, -0.2) is 4.98 Å². The van der Waals surface area contributed by atoms with Crippen LogP contribution in [0, 0.1) is 0 Å². The lowest BCUT2D eigenvalue weighted by molar-refractivity contribution is 0.414. The largest absolute Gasteiger partial charge is 0.497 e. The fourth-order valence-electron chi connectivity index (χ4n) is 2.23. The molecular formula is C15H12BrClN2O. The van der Waals surface area contributed by atoms with Crippen molar-refractivity contribution in [3.05, 3.63) is 52.8 Å². The first-order valence-corrected chi connectivity index (χ1v) is 7.43. The van der Waals surface area contributed by atoms with E-state index in [1.165, 1.54) is 0 Å². The molecule has 0 aliphatic heterocycles. The van der Waals surface area contributed by atoms with E-state index in [0.717, 1.165) is 32.8 Å². The van der Waals surface area contributed by atoms with Gasteiger partial charge in [0.25, 0.3) is 0 Å². The van der Waals surface area contributed by atoms with Gasteiger partial charge in [0.2, 0.25) is 0 Å². The molecule has 0 atom stereocenters. The van der Waals surface area contributed by atoms with Crippen molar-refractivity contribution in [3.8, 4) is 11.4 Å². The summed E-state index contributed by atoms with van der Waals surface area (Å²) in [6.07, 6.45) is 0. The normalized spacial score (nSPS) is 10.9. The Balaban J connectivity index is 2.28. The van der Waals surface area contributed by atoms with Crippen LogP contribution in [0.3, 0.4) is 0 Å². The predicted octanol–water partition coefficient (Wildman–Crippen LogP) is 4.54. The molecule has 1 heterocycles. The van der Waals surface area contributed by atoms with Gasteiger partial charge in [-0.3, -0.25) is 4.57 Å². The number of alkyl halides is 1. The highest BCUT2D eigenvalue weighted by Crippen LogP contribution is 2.27. The summed E-state index contributed by atoms with van der Waals surface area (Å²) in [7, 11) is 1.66. The Bertz CT molecular complexity index is 770. The maximum Gasteiger partial charge on any atom is 0.129 e. The van der Waals surface area contributed by atoms with Gasteiger partial charge < -0.3 is 4.74 Å². The molecule has 20 heavy (non-hydrogen) atoms. The van der Waals surface area contributed by atoms with Gasteiger partial charge in [-0.05, 0) is 30.3 Å². The molecule has 1 aromatic heterocycles. The molecule has 2 aromatic carbocycles. The predicted molar refractivity (Wildman–Crippen MR) is 84.9 cm³/mol. The molecule has 0 aliphatic carbocycles. The summed E-state index contributed by atoms with van der Waals surface area (Å²) in [5, 5.41) is 0. The zero-order valence-corrected chi connectivity index (χ0v) is 13.1. The molecule has 3 rings (SSSR count). The first kappa shape index (κ1) is 13.5. The van der Waals surface area contributed by atoms with Crippen LogP contribution in [0.1, 0.15) is 5.82 Å². The smallest absolute Gasteiger partial charge is 0.129 e. The Morgan fingerprint density at radius 1 is 1.25 bits per heavy atom. The third kappa shape index (κ3) is 2.30. The fourth-order valence-corrected chi connectivity index (χ4v) is 2.76. The van der Waals surface area contributed by atoms with Gasteiger partial charge in [0.1, 0.15) is 11.6 Å². The number of nitrogens with zero attached hydrogens (tertiary/aromatic N) is 2. The van der Waals surface area contributed by atoms with Crippen LogP contribution < -0.4 is 4.74 Å². The van der Waals surface area contributed by atoms with E-state index in [1.54, 1.807) is 7.11 Å². The Morgan fingerprint density at radius 2 is 2.10 bits per heavy atom. The summed E-state index contributed by atoms with van der Waals surface area (Å²) in [5.41, 5.74) is 2.93. The molecule has 0 N–H and O–H groups in total. The lowest BCUT2D eigenvalue weighted by Crippen LogP contribution is -1.99. The van der Waals surface area contributed by atoms with Gasteiger partial charge in [0, 0.05) is 10.5 Å². The number of hydrogen-bond donors (Lipinski definition) is 0. The van der Waals surface area contributed by atoms with Crippen molar-refractivity contribution >= 4 is 38.6 Å². The van der Waals surface area contributed by atoms with Crippen LogP contribution in [0.4, 0.5) is 0 Å². The molecule has 0 unspecified atom stereocenters. The first-order valence-electron chi connectivity index (χ1n) is 6.10. The number of hydrogen-bond acceptors (Lipinski definition) is 2. The highest BCUT2D eigenvalue weighted by Gasteiger charge is 2.12. The Kier molecular flexibility index (Phi) is 3.68. The summed E-state index contributed by atoms with van der Waals surface area (Å²) in [4.78, 5) is 4.58. The Labute approximate surface area is 130 Å². The van der Waals surface area contributed by atoms with Crippen LogP contribution in [0.2, 0.25) is 0 Å². The zero-order valence-electron chi connectivity index (χ0n) is 10.8. The van der Waals surface area contributed by atoms with E-state index in [9.17, 15) is 0 Å². The van der Waals surface area contributed by atoms with Gasteiger partial charge in [0.05, 0.1) is 29.7 Å². The van der Waals surface area contributed by atoms with Crippen LogP contribution in [-0.2, 0) is 5.88 Å². The monoisotopic (exact) mass is 350 g/mol. The molecule has 3 nitrogen and oxygen atoms in total. The number of fused-ring (bicyclic) bond motifs is 1. The standard InChI is InChI=1S/C15H12BrClN2O/c1-20-12-4-2-3-11(8-12)19-14-6-5-10(16)7-13(14)18-15(19)9-17/h2-8H,9H2,1H3. The number of methoxy groups -OCH3 is 1. The number of halogens is 2. The highest BCUT2D eigenvalue weighted by molar-refractivity contribution is 9.10. The average molecular weight is 352 g/mol. The second-order valence-electron chi connectivity index (χ2n) is 4.33. The minimum absolute atomic E-state index is 0.351. The van der Waals surface area contributed by atoms with Crippen molar-refractivity contribution in [1.29, 1.82) is 0 Å². The number of aromatic nitrogens is 2. The summed E-state index contributed by atoms with van der Waals surface area (Å²) in [6, 6.07) is 13.9. The SMILES string of the molecule is COc1cccc(-n2c(CCl)nc3cc(Br)ccc32)c1. The Morgan fingerprint density at radius 3 is 2.85 bits per heavy atom. The van der Waals surface area contributed by atoms with Crippen LogP contribution in [0.5, 0.6) is 5.75 Å². The van der Waals surface area contributed by atoms with E-state index in [4.69, 9.17) is 16.3 Å². The molecule has 0 saturated carbocycles. The molecular weight excluding hydrogens is 340 g/mol. The number of ether oxygens (including phenoxy) is 1. The number of imidazole rings is 1. The molecule has 0 aliphatic rings. The summed E-state index contributed by atoms with van der Waals surface area (Å²) in [6.45, 7) is 0. The first-order chi connectivity index (χ1) is 9.72.